The van der Waals surface area contributed by atoms with E-state index in [9.17, 15) is 4.79 Å². The summed E-state index contributed by atoms with van der Waals surface area (Å²) < 4.78 is 16.2. The Morgan fingerprint density at radius 3 is 2.90 bits per heavy atom. The van der Waals surface area contributed by atoms with Crippen LogP contribution in [0.25, 0.3) is 11.4 Å². The van der Waals surface area contributed by atoms with Gasteiger partial charge in [-0.1, -0.05) is 11.2 Å². The monoisotopic (exact) mass is 396 g/mol. The normalized spacial score (nSPS) is 10.6. The number of hydrogen-bond acceptors (Lipinski definition) is 7. The summed E-state index contributed by atoms with van der Waals surface area (Å²) in [5.41, 5.74) is 1.74. The number of nitrogens with zero attached hydrogens (tertiary/aromatic N) is 3. The molecule has 29 heavy (non-hydrogen) atoms. The second kappa shape index (κ2) is 10.2. The first kappa shape index (κ1) is 20.3. The third-order valence-corrected chi connectivity index (χ3v) is 4.20. The Morgan fingerprint density at radius 2 is 2.14 bits per heavy atom. The molecule has 0 saturated heterocycles. The summed E-state index contributed by atoms with van der Waals surface area (Å²) >= 11 is 0. The van der Waals surface area contributed by atoms with E-state index in [2.05, 4.69) is 20.4 Å². The van der Waals surface area contributed by atoms with Crippen molar-refractivity contribution in [1.29, 1.82) is 0 Å². The Morgan fingerprint density at radius 1 is 1.24 bits per heavy atom. The number of benzene rings is 1. The molecule has 0 atom stereocenters. The summed E-state index contributed by atoms with van der Waals surface area (Å²) in [6.45, 7) is 2.94. The molecule has 0 saturated carbocycles. The van der Waals surface area contributed by atoms with Gasteiger partial charge in [0.05, 0.1) is 13.7 Å². The van der Waals surface area contributed by atoms with Crippen LogP contribution in [0.2, 0.25) is 0 Å². The fourth-order valence-corrected chi connectivity index (χ4v) is 2.75. The van der Waals surface area contributed by atoms with Crippen LogP contribution in [0.3, 0.4) is 0 Å². The van der Waals surface area contributed by atoms with Crippen LogP contribution in [0.15, 0.2) is 47.2 Å². The van der Waals surface area contributed by atoms with Crippen LogP contribution in [-0.4, -0.2) is 34.7 Å². The molecule has 0 fully saturated rings. The number of aryl methyl sites for hydroxylation is 1. The van der Waals surface area contributed by atoms with Crippen LogP contribution >= 0.6 is 0 Å². The lowest BCUT2D eigenvalue weighted by atomic mass is 10.2. The number of aromatic nitrogens is 3. The van der Waals surface area contributed by atoms with Gasteiger partial charge in [-0.3, -0.25) is 9.78 Å². The Balaban J connectivity index is 1.49. The molecule has 8 heteroatoms. The third-order valence-electron chi connectivity index (χ3n) is 4.20. The predicted molar refractivity (Wildman–Crippen MR) is 106 cm³/mol. The quantitative estimate of drug-likeness (QED) is 0.562. The molecule has 1 N–H and O–H groups in total. The van der Waals surface area contributed by atoms with Crippen molar-refractivity contribution >= 4 is 5.91 Å². The van der Waals surface area contributed by atoms with Gasteiger partial charge in [0.1, 0.15) is 0 Å². The topological polar surface area (TPSA) is 99.4 Å². The number of ether oxygens (including phenoxy) is 2. The molecular weight excluding hydrogens is 372 g/mol. The molecule has 0 aliphatic carbocycles. The summed E-state index contributed by atoms with van der Waals surface area (Å²) in [7, 11) is 1.59. The Hall–Kier alpha value is -3.42. The number of amides is 1. The van der Waals surface area contributed by atoms with Gasteiger partial charge in [-0.2, -0.15) is 4.98 Å². The second-order valence-electron chi connectivity index (χ2n) is 6.30. The molecule has 0 aliphatic heterocycles. The van der Waals surface area contributed by atoms with Crippen molar-refractivity contribution in [2.24, 2.45) is 0 Å². The van der Waals surface area contributed by atoms with Crippen molar-refractivity contribution < 1.29 is 18.8 Å². The molecule has 3 aromatic rings. The first-order chi connectivity index (χ1) is 14.2. The number of hydrogen-bond donors (Lipinski definition) is 1. The SMILES string of the molecule is CCOc1ccc(-c2noc(CCCC(=O)NCc3cccnc3)n2)cc1OC. The second-order valence-corrected chi connectivity index (χ2v) is 6.30. The lowest BCUT2D eigenvalue weighted by Crippen LogP contribution is -2.22. The van der Waals surface area contributed by atoms with Crippen LogP contribution in [-0.2, 0) is 17.8 Å². The number of nitrogens with one attached hydrogen (secondary N) is 1. The van der Waals surface area contributed by atoms with Gasteiger partial charge in [0.25, 0.3) is 0 Å². The summed E-state index contributed by atoms with van der Waals surface area (Å²) in [6.07, 6.45) is 4.97. The average Bonchev–Trinajstić information content (AvgIpc) is 3.22. The minimum atomic E-state index is -0.0233. The average molecular weight is 396 g/mol. The van der Waals surface area contributed by atoms with E-state index in [0.29, 0.717) is 55.6 Å². The predicted octanol–water partition coefficient (Wildman–Crippen LogP) is 3.18. The van der Waals surface area contributed by atoms with E-state index in [1.165, 1.54) is 0 Å². The number of carbonyl (C=O) groups is 1. The molecule has 0 bridgehead atoms. The third kappa shape index (κ3) is 5.78. The van der Waals surface area contributed by atoms with E-state index in [1.807, 2.05) is 37.3 Å². The van der Waals surface area contributed by atoms with Crippen molar-refractivity contribution in [3.05, 3.63) is 54.2 Å². The van der Waals surface area contributed by atoms with E-state index in [0.717, 1.165) is 11.1 Å². The molecule has 0 unspecified atom stereocenters. The largest absolute Gasteiger partial charge is 0.493 e. The van der Waals surface area contributed by atoms with E-state index >= 15 is 0 Å². The van der Waals surface area contributed by atoms with Crippen molar-refractivity contribution in [3.8, 4) is 22.9 Å². The minimum absolute atomic E-state index is 0.0233. The molecule has 1 aromatic carbocycles. The minimum Gasteiger partial charge on any atom is -0.493 e. The molecule has 3 rings (SSSR count). The van der Waals surface area contributed by atoms with Gasteiger partial charge in [0, 0.05) is 37.3 Å². The molecule has 2 aromatic heterocycles. The zero-order valence-corrected chi connectivity index (χ0v) is 16.6. The maximum Gasteiger partial charge on any atom is 0.226 e. The summed E-state index contributed by atoms with van der Waals surface area (Å²) in [4.78, 5) is 20.4. The number of carbonyl (C=O) groups excluding carboxylic acids is 1. The van der Waals surface area contributed by atoms with Gasteiger partial charge in [0.2, 0.25) is 17.6 Å². The van der Waals surface area contributed by atoms with Crippen LogP contribution in [0, 0.1) is 0 Å². The highest BCUT2D eigenvalue weighted by Crippen LogP contribution is 2.31. The van der Waals surface area contributed by atoms with Gasteiger partial charge in [0.15, 0.2) is 11.5 Å². The number of methoxy groups -OCH3 is 1. The highest BCUT2D eigenvalue weighted by Gasteiger charge is 2.13. The zero-order valence-electron chi connectivity index (χ0n) is 16.6. The zero-order chi connectivity index (χ0) is 20.5. The summed E-state index contributed by atoms with van der Waals surface area (Å²) in [5, 5.41) is 6.89. The van der Waals surface area contributed by atoms with E-state index in [1.54, 1.807) is 19.5 Å². The van der Waals surface area contributed by atoms with Crippen LogP contribution < -0.4 is 14.8 Å². The first-order valence-corrected chi connectivity index (χ1v) is 9.49. The standard InChI is InChI=1S/C21H24N4O4/c1-3-28-17-10-9-16(12-18(17)27-2)21-24-20(29-25-21)8-4-7-19(26)23-14-15-6-5-11-22-13-15/h5-6,9-13H,3-4,7-8,14H2,1-2H3,(H,23,26). The molecule has 1 amide bonds. The number of rotatable bonds is 10. The summed E-state index contributed by atoms with van der Waals surface area (Å²) in [5.74, 6) is 2.22. The first-order valence-electron chi connectivity index (χ1n) is 9.49. The van der Waals surface area contributed by atoms with Crippen LogP contribution in [0.1, 0.15) is 31.2 Å². The van der Waals surface area contributed by atoms with E-state index < -0.39 is 0 Å². The Kier molecular flexibility index (Phi) is 7.16. The van der Waals surface area contributed by atoms with Gasteiger partial charge < -0.3 is 19.3 Å². The fraction of sp³-hybridized carbons (Fsp3) is 0.333. The molecular formula is C21H24N4O4. The van der Waals surface area contributed by atoms with E-state index in [4.69, 9.17) is 14.0 Å². The van der Waals surface area contributed by atoms with Crippen LogP contribution in [0.5, 0.6) is 11.5 Å². The van der Waals surface area contributed by atoms with Gasteiger partial charge in [-0.25, -0.2) is 0 Å². The number of pyridine rings is 1. The Labute approximate surface area is 169 Å². The highest BCUT2D eigenvalue weighted by atomic mass is 16.5. The molecule has 152 valence electrons. The van der Waals surface area contributed by atoms with Gasteiger partial charge in [-0.15, -0.1) is 0 Å². The van der Waals surface area contributed by atoms with Crippen molar-refractivity contribution in [3.63, 3.8) is 0 Å². The van der Waals surface area contributed by atoms with Gasteiger partial charge >= 0.3 is 0 Å². The molecule has 0 radical (unpaired) electrons. The molecule has 8 nitrogen and oxygen atoms in total. The van der Waals surface area contributed by atoms with E-state index in [-0.39, 0.29) is 5.91 Å². The fourth-order valence-electron chi connectivity index (χ4n) is 2.75. The van der Waals surface area contributed by atoms with Crippen LogP contribution in [0.4, 0.5) is 0 Å². The summed E-state index contributed by atoms with van der Waals surface area (Å²) in [6, 6.07) is 9.25. The maximum atomic E-state index is 12.0. The lowest BCUT2D eigenvalue weighted by Gasteiger charge is -2.09. The van der Waals surface area contributed by atoms with Crippen molar-refractivity contribution in [2.45, 2.75) is 32.7 Å². The van der Waals surface area contributed by atoms with Crippen molar-refractivity contribution in [1.82, 2.24) is 20.4 Å². The lowest BCUT2D eigenvalue weighted by molar-refractivity contribution is -0.121. The van der Waals surface area contributed by atoms with Crippen molar-refractivity contribution in [2.75, 3.05) is 13.7 Å². The molecule has 2 heterocycles. The smallest absolute Gasteiger partial charge is 0.226 e. The Bertz CT molecular complexity index is 927. The maximum absolute atomic E-state index is 12.0. The molecule has 0 spiro atoms. The molecule has 0 aliphatic rings. The van der Waals surface area contributed by atoms with Gasteiger partial charge in [-0.05, 0) is 43.2 Å². The highest BCUT2D eigenvalue weighted by molar-refractivity contribution is 5.75.